The van der Waals surface area contributed by atoms with Crippen molar-refractivity contribution in [2.24, 2.45) is 0 Å². The third-order valence-electron chi connectivity index (χ3n) is 5.13. The number of rotatable bonds is 4. The van der Waals surface area contributed by atoms with Crippen molar-refractivity contribution in [2.75, 3.05) is 20.1 Å². The lowest BCUT2D eigenvalue weighted by Crippen LogP contribution is -2.53. The molecule has 0 radical (unpaired) electrons. The lowest BCUT2D eigenvalue weighted by atomic mass is 9.88. The summed E-state index contributed by atoms with van der Waals surface area (Å²) in [5.41, 5.74) is 1.16. The molecule has 0 spiro atoms. The highest BCUT2D eigenvalue weighted by atomic mass is 32.1. The monoisotopic (exact) mass is 306 g/mol. The van der Waals surface area contributed by atoms with Crippen LogP contribution in [-0.4, -0.2) is 47.9 Å². The van der Waals surface area contributed by atoms with E-state index in [0.29, 0.717) is 18.5 Å². The minimum Gasteiger partial charge on any atom is -0.341 e. The summed E-state index contributed by atoms with van der Waals surface area (Å²) in [4.78, 5) is 17.3. The highest BCUT2D eigenvalue weighted by molar-refractivity contribution is 7.07. The number of nitrogens with zero attached hydrogens (tertiary/aromatic N) is 2. The molecule has 1 saturated heterocycles. The van der Waals surface area contributed by atoms with E-state index in [1.54, 1.807) is 11.3 Å². The van der Waals surface area contributed by atoms with E-state index in [-0.39, 0.29) is 5.91 Å². The first-order valence-electron chi connectivity index (χ1n) is 8.26. The molecule has 0 N–H and O–H groups in total. The van der Waals surface area contributed by atoms with Crippen molar-refractivity contribution in [1.82, 2.24) is 9.80 Å². The molecule has 3 nitrogen and oxygen atoms in total. The lowest BCUT2D eigenvalue weighted by Gasteiger charge is -2.42. The van der Waals surface area contributed by atoms with Gasteiger partial charge in [0.2, 0.25) is 5.91 Å². The van der Waals surface area contributed by atoms with Crippen molar-refractivity contribution in [3.63, 3.8) is 0 Å². The van der Waals surface area contributed by atoms with Gasteiger partial charge in [-0.15, -0.1) is 0 Å². The summed E-state index contributed by atoms with van der Waals surface area (Å²) in [6, 6.07) is 3.08. The average molecular weight is 306 g/mol. The minimum atomic E-state index is 0.282. The van der Waals surface area contributed by atoms with E-state index in [4.69, 9.17) is 0 Å². The van der Waals surface area contributed by atoms with Gasteiger partial charge in [0.05, 0.1) is 6.42 Å². The Kier molecular flexibility index (Phi) is 4.96. The zero-order valence-corrected chi connectivity index (χ0v) is 13.8. The van der Waals surface area contributed by atoms with E-state index in [1.165, 1.54) is 51.6 Å². The first-order chi connectivity index (χ1) is 10.3. The topological polar surface area (TPSA) is 23.6 Å². The van der Waals surface area contributed by atoms with Crippen molar-refractivity contribution in [2.45, 2.75) is 57.0 Å². The maximum atomic E-state index is 12.6. The van der Waals surface area contributed by atoms with Gasteiger partial charge < -0.3 is 4.90 Å². The molecule has 1 aliphatic carbocycles. The van der Waals surface area contributed by atoms with Crippen molar-refractivity contribution in [3.05, 3.63) is 22.4 Å². The van der Waals surface area contributed by atoms with Gasteiger partial charge in [-0.25, -0.2) is 0 Å². The molecule has 1 aromatic heterocycles. The Labute approximate surface area is 131 Å². The minimum absolute atomic E-state index is 0.282. The molecular formula is C17H26N2OS. The van der Waals surface area contributed by atoms with Crippen LogP contribution < -0.4 is 0 Å². The van der Waals surface area contributed by atoms with Crippen LogP contribution in [0.4, 0.5) is 0 Å². The molecule has 2 atom stereocenters. The molecule has 4 heteroatoms. The van der Waals surface area contributed by atoms with Crippen LogP contribution in [0, 0.1) is 0 Å². The third-order valence-corrected chi connectivity index (χ3v) is 5.86. The number of amides is 1. The second-order valence-corrected chi connectivity index (χ2v) is 7.26. The third kappa shape index (κ3) is 3.49. The van der Waals surface area contributed by atoms with Crippen LogP contribution in [0.15, 0.2) is 16.8 Å². The van der Waals surface area contributed by atoms with Gasteiger partial charge in [-0.2, -0.15) is 11.3 Å². The van der Waals surface area contributed by atoms with E-state index >= 15 is 0 Å². The summed E-state index contributed by atoms with van der Waals surface area (Å²) in [6.45, 7) is 2.46. The second kappa shape index (κ2) is 6.93. The van der Waals surface area contributed by atoms with Crippen molar-refractivity contribution in [3.8, 4) is 0 Å². The molecule has 2 fully saturated rings. The smallest absolute Gasteiger partial charge is 0.227 e. The van der Waals surface area contributed by atoms with Crippen LogP contribution in [0.2, 0.25) is 0 Å². The number of carbonyl (C=O) groups is 1. The van der Waals surface area contributed by atoms with Crippen molar-refractivity contribution >= 4 is 17.2 Å². The van der Waals surface area contributed by atoms with Crippen LogP contribution in [0.25, 0.3) is 0 Å². The van der Waals surface area contributed by atoms with Gasteiger partial charge in [0.25, 0.3) is 0 Å². The van der Waals surface area contributed by atoms with E-state index in [9.17, 15) is 4.79 Å². The average Bonchev–Trinajstić information content (AvgIpc) is 3.19. The molecular weight excluding hydrogens is 280 g/mol. The van der Waals surface area contributed by atoms with Crippen molar-refractivity contribution in [1.29, 1.82) is 0 Å². The van der Waals surface area contributed by atoms with Crippen LogP contribution in [0.5, 0.6) is 0 Å². The van der Waals surface area contributed by atoms with Gasteiger partial charge >= 0.3 is 0 Å². The maximum Gasteiger partial charge on any atom is 0.227 e. The summed E-state index contributed by atoms with van der Waals surface area (Å²) >= 11 is 1.67. The summed E-state index contributed by atoms with van der Waals surface area (Å²) in [5, 5.41) is 4.14. The Morgan fingerprint density at radius 1 is 1.29 bits per heavy atom. The Morgan fingerprint density at radius 3 is 2.76 bits per heavy atom. The van der Waals surface area contributed by atoms with E-state index in [1.807, 2.05) is 7.05 Å². The molecule has 0 bridgehead atoms. The van der Waals surface area contributed by atoms with Gasteiger partial charge in [-0.3, -0.25) is 9.69 Å². The first-order valence-corrected chi connectivity index (χ1v) is 9.21. The van der Waals surface area contributed by atoms with E-state index in [2.05, 4.69) is 26.6 Å². The molecule has 2 heterocycles. The molecule has 21 heavy (non-hydrogen) atoms. The van der Waals surface area contributed by atoms with Crippen LogP contribution in [-0.2, 0) is 11.2 Å². The molecule has 2 aliphatic rings. The fourth-order valence-corrected chi connectivity index (χ4v) is 4.59. The fourth-order valence-electron chi connectivity index (χ4n) is 3.92. The molecule has 1 amide bonds. The SMILES string of the molecule is CN(C(=O)Cc1ccsc1)[C@@H]1CCCC[C@@H]1N1CCCC1. The van der Waals surface area contributed by atoms with Gasteiger partial charge in [0.15, 0.2) is 0 Å². The number of likely N-dealkylation sites (N-methyl/N-ethyl adjacent to an activating group) is 1. The Bertz CT molecular complexity index is 453. The molecule has 0 aromatic carbocycles. The van der Waals surface area contributed by atoms with E-state index < -0.39 is 0 Å². The Hall–Kier alpha value is -0.870. The predicted molar refractivity (Wildman–Crippen MR) is 87.6 cm³/mol. The zero-order valence-electron chi connectivity index (χ0n) is 13.0. The maximum absolute atomic E-state index is 12.6. The largest absolute Gasteiger partial charge is 0.341 e. The van der Waals surface area contributed by atoms with Crippen LogP contribution in [0.3, 0.4) is 0 Å². The Morgan fingerprint density at radius 2 is 2.05 bits per heavy atom. The Balaban J connectivity index is 1.65. The number of carbonyl (C=O) groups excluding carboxylic acids is 1. The normalized spacial score (nSPS) is 26.9. The predicted octanol–water partition coefficient (Wildman–Crippen LogP) is 3.16. The number of likely N-dealkylation sites (tertiary alicyclic amines) is 1. The van der Waals surface area contributed by atoms with E-state index in [0.717, 1.165) is 5.56 Å². The number of thiophene rings is 1. The summed E-state index contributed by atoms with van der Waals surface area (Å²) in [6.07, 6.45) is 8.25. The zero-order chi connectivity index (χ0) is 14.7. The standard InChI is InChI=1S/C17H26N2OS/c1-18(17(20)12-14-8-11-21-13-14)15-6-2-3-7-16(15)19-9-4-5-10-19/h8,11,13,15-16H,2-7,9-10,12H2,1H3/t15-,16+/m1/s1. The fraction of sp³-hybridized carbons (Fsp3) is 0.706. The van der Waals surface area contributed by atoms with Crippen LogP contribution >= 0.6 is 11.3 Å². The van der Waals surface area contributed by atoms with Crippen molar-refractivity contribution < 1.29 is 4.79 Å². The lowest BCUT2D eigenvalue weighted by molar-refractivity contribution is -0.133. The second-order valence-electron chi connectivity index (χ2n) is 6.48. The first kappa shape index (κ1) is 15.0. The molecule has 1 aliphatic heterocycles. The van der Waals surface area contributed by atoms with Gasteiger partial charge in [0, 0.05) is 19.1 Å². The highest BCUT2D eigenvalue weighted by Gasteiger charge is 2.35. The summed E-state index contributed by atoms with van der Waals surface area (Å²) in [5.74, 6) is 0.282. The van der Waals surface area contributed by atoms with Crippen LogP contribution in [0.1, 0.15) is 44.1 Å². The molecule has 0 unspecified atom stereocenters. The van der Waals surface area contributed by atoms with Gasteiger partial charge in [-0.1, -0.05) is 12.8 Å². The molecule has 1 aromatic rings. The quantitative estimate of drug-likeness (QED) is 0.853. The summed E-state index contributed by atoms with van der Waals surface area (Å²) in [7, 11) is 2.02. The van der Waals surface area contributed by atoms with Gasteiger partial charge in [-0.05, 0) is 61.2 Å². The summed E-state index contributed by atoms with van der Waals surface area (Å²) < 4.78 is 0. The number of hydrogen-bond acceptors (Lipinski definition) is 3. The van der Waals surface area contributed by atoms with Gasteiger partial charge in [0.1, 0.15) is 0 Å². The highest BCUT2D eigenvalue weighted by Crippen LogP contribution is 2.29. The molecule has 3 rings (SSSR count). The number of hydrogen-bond donors (Lipinski definition) is 0. The molecule has 1 saturated carbocycles. The molecule has 116 valence electrons.